The molecular formula is C25H26N6O4S2. The van der Waals surface area contributed by atoms with Crippen molar-refractivity contribution in [3.05, 3.63) is 76.7 Å². The lowest BCUT2D eigenvalue weighted by molar-refractivity contribution is -0.129. The molecule has 0 radical (unpaired) electrons. The van der Waals surface area contributed by atoms with Gasteiger partial charge in [0.25, 0.3) is 5.56 Å². The van der Waals surface area contributed by atoms with Crippen molar-refractivity contribution in [2.24, 2.45) is 11.1 Å². The molecule has 1 aliphatic heterocycles. The molecule has 10 nitrogen and oxygen atoms in total. The minimum Gasteiger partial charge on any atom is -0.342 e. The molecule has 4 aromatic rings. The fraction of sp³-hybridized carbons (Fsp3) is 0.280. The largest absolute Gasteiger partial charge is 0.342 e. The van der Waals surface area contributed by atoms with E-state index >= 15 is 0 Å². The zero-order valence-corrected chi connectivity index (χ0v) is 21.5. The van der Waals surface area contributed by atoms with Gasteiger partial charge in [0.15, 0.2) is 10.8 Å². The lowest BCUT2D eigenvalue weighted by Crippen LogP contribution is -2.39. The summed E-state index contributed by atoms with van der Waals surface area (Å²) in [5.41, 5.74) is 1.79. The van der Waals surface area contributed by atoms with Gasteiger partial charge >= 0.3 is 0 Å². The number of primary sulfonamides is 1. The van der Waals surface area contributed by atoms with E-state index in [1.165, 1.54) is 52.5 Å². The first-order valence-electron chi connectivity index (χ1n) is 11.8. The molecule has 0 atom stereocenters. The molecule has 0 aliphatic carbocycles. The molecule has 1 aliphatic rings. The highest BCUT2D eigenvalue weighted by atomic mass is 32.2. The Bertz CT molecular complexity index is 1580. The maximum Gasteiger partial charge on any atom is 0.262 e. The summed E-state index contributed by atoms with van der Waals surface area (Å²) in [6, 6.07) is 16.2. The predicted octanol–water partition coefficient (Wildman–Crippen LogP) is 2.33. The summed E-state index contributed by atoms with van der Waals surface area (Å²) >= 11 is 1.17. The Labute approximate surface area is 217 Å². The lowest BCUT2D eigenvalue weighted by Gasteiger charge is -2.32. The van der Waals surface area contributed by atoms with Crippen LogP contribution in [0.5, 0.6) is 0 Å². The molecule has 3 heterocycles. The van der Waals surface area contributed by atoms with Gasteiger partial charge in [-0.05, 0) is 55.0 Å². The van der Waals surface area contributed by atoms with Crippen LogP contribution in [0.15, 0.2) is 75.6 Å². The Morgan fingerprint density at radius 3 is 2.46 bits per heavy atom. The van der Waals surface area contributed by atoms with Crippen LogP contribution in [0.1, 0.15) is 18.4 Å². The molecule has 2 aromatic carbocycles. The molecule has 0 bridgehead atoms. The van der Waals surface area contributed by atoms with Gasteiger partial charge in [0, 0.05) is 13.1 Å². The molecule has 37 heavy (non-hydrogen) atoms. The molecular weight excluding hydrogens is 512 g/mol. The standard InChI is InChI=1S/C25H26N6O4S2/c26-37(34,35)20-8-6-19(7-9-20)31-23-21(15-27-31)24(33)29-25(28-23)36-16-22(32)30-12-10-18(11-13-30)14-17-4-2-1-3-5-17/h1-9,15,18H,10-14,16H2,(H2,26,34,35)(H,28,29,33). The Hall–Kier alpha value is -3.48. The third kappa shape index (κ3) is 5.76. The highest BCUT2D eigenvalue weighted by Gasteiger charge is 2.23. The normalized spacial score (nSPS) is 14.8. The van der Waals surface area contributed by atoms with Gasteiger partial charge in [-0.25, -0.2) is 23.2 Å². The van der Waals surface area contributed by atoms with Crippen molar-refractivity contribution in [2.45, 2.75) is 29.3 Å². The number of likely N-dealkylation sites (tertiary alicyclic amines) is 1. The first kappa shape index (κ1) is 25.2. The maximum atomic E-state index is 12.8. The summed E-state index contributed by atoms with van der Waals surface area (Å²) in [6.07, 6.45) is 4.36. The molecule has 0 unspecified atom stereocenters. The first-order valence-corrected chi connectivity index (χ1v) is 14.4. The number of hydrogen-bond donors (Lipinski definition) is 2. The van der Waals surface area contributed by atoms with Crippen molar-refractivity contribution < 1.29 is 13.2 Å². The Balaban J connectivity index is 1.24. The van der Waals surface area contributed by atoms with Crippen LogP contribution >= 0.6 is 11.8 Å². The zero-order valence-electron chi connectivity index (χ0n) is 19.9. The average molecular weight is 539 g/mol. The Kier molecular flexibility index (Phi) is 7.13. The first-order chi connectivity index (χ1) is 17.8. The van der Waals surface area contributed by atoms with Crippen LogP contribution in [0, 0.1) is 5.92 Å². The van der Waals surface area contributed by atoms with Crippen LogP contribution in [-0.2, 0) is 21.2 Å². The van der Waals surface area contributed by atoms with E-state index in [1.54, 1.807) is 0 Å². The summed E-state index contributed by atoms with van der Waals surface area (Å²) in [6.45, 7) is 1.45. The fourth-order valence-electron chi connectivity index (χ4n) is 4.49. The molecule has 5 rings (SSSR count). The minimum absolute atomic E-state index is 0.0120. The number of sulfonamides is 1. The minimum atomic E-state index is -3.83. The number of rotatable bonds is 7. The average Bonchev–Trinajstić information content (AvgIpc) is 3.32. The number of hydrogen-bond acceptors (Lipinski definition) is 7. The van der Waals surface area contributed by atoms with Crippen LogP contribution < -0.4 is 10.7 Å². The lowest BCUT2D eigenvalue weighted by atomic mass is 9.90. The SMILES string of the molecule is NS(=O)(=O)c1ccc(-n2ncc3c(=O)[nH]c(SCC(=O)N4CCC(Cc5ccccc5)CC4)nc32)cc1. The van der Waals surface area contributed by atoms with Crippen LogP contribution in [-0.4, -0.2) is 57.8 Å². The number of benzene rings is 2. The number of nitrogens with two attached hydrogens (primary N) is 1. The second kappa shape index (κ2) is 10.5. The number of aromatic nitrogens is 4. The van der Waals surface area contributed by atoms with Gasteiger partial charge in [0.05, 0.1) is 22.5 Å². The fourth-order valence-corrected chi connectivity index (χ4v) is 5.76. The van der Waals surface area contributed by atoms with Crippen molar-refractivity contribution in [1.29, 1.82) is 0 Å². The molecule has 192 valence electrons. The molecule has 1 saturated heterocycles. The maximum absolute atomic E-state index is 12.8. The summed E-state index contributed by atoms with van der Waals surface area (Å²) in [5, 5.41) is 9.99. The van der Waals surface area contributed by atoms with Gasteiger partial charge in [-0.15, -0.1) is 0 Å². The smallest absolute Gasteiger partial charge is 0.262 e. The van der Waals surface area contributed by atoms with E-state index in [4.69, 9.17) is 5.14 Å². The predicted molar refractivity (Wildman–Crippen MR) is 141 cm³/mol. The quantitative estimate of drug-likeness (QED) is 0.271. The highest BCUT2D eigenvalue weighted by Crippen LogP contribution is 2.24. The number of piperidine rings is 1. The molecule has 1 amide bonds. The van der Waals surface area contributed by atoms with Gasteiger partial charge < -0.3 is 9.88 Å². The number of aromatic amines is 1. The second-order valence-corrected chi connectivity index (χ2v) is 11.5. The van der Waals surface area contributed by atoms with E-state index in [2.05, 4.69) is 39.3 Å². The van der Waals surface area contributed by atoms with Crippen LogP contribution in [0.2, 0.25) is 0 Å². The van der Waals surface area contributed by atoms with Crippen LogP contribution in [0.4, 0.5) is 0 Å². The molecule has 0 spiro atoms. The van der Waals surface area contributed by atoms with Crippen LogP contribution in [0.3, 0.4) is 0 Å². The third-order valence-corrected chi connectivity index (χ3v) is 8.28. The third-order valence-electron chi connectivity index (χ3n) is 6.49. The molecule has 0 saturated carbocycles. The second-order valence-electron chi connectivity index (χ2n) is 9.01. The van der Waals surface area contributed by atoms with E-state index in [0.717, 1.165) is 32.4 Å². The summed E-state index contributed by atoms with van der Waals surface area (Å²) < 4.78 is 24.5. The molecule has 2 aromatic heterocycles. The number of thioether (sulfide) groups is 1. The number of carbonyl (C=O) groups excluding carboxylic acids is 1. The van der Waals surface area contributed by atoms with Gasteiger partial charge in [0.1, 0.15) is 5.39 Å². The van der Waals surface area contributed by atoms with Crippen molar-refractivity contribution in [3.8, 4) is 5.69 Å². The van der Waals surface area contributed by atoms with E-state index in [-0.39, 0.29) is 27.5 Å². The number of nitrogens with one attached hydrogen (secondary N) is 1. The van der Waals surface area contributed by atoms with E-state index in [9.17, 15) is 18.0 Å². The summed E-state index contributed by atoms with van der Waals surface area (Å²) in [7, 11) is -3.83. The van der Waals surface area contributed by atoms with E-state index in [0.29, 0.717) is 22.4 Å². The van der Waals surface area contributed by atoms with Gasteiger partial charge in [0.2, 0.25) is 15.9 Å². The van der Waals surface area contributed by atoms with Crippen molar-refractivity contribution >= 4 is 38.7 Å². The summed E-state index contributed by atoms with van der Waals surface area (Å²) in [5.74, 6) is 0.742. The van der Waals surface area contributed by atoms with Crippen molar-refractivity contribution in [2.75, 3.05) is 18.8 Å². The highest BCUT2D eigenvalue weighted by molar-refractivity contribution is 7.99. The number of nitrogens with zero attached hydrogens (tertiary/aromatic N) is 4. The number of amides is 1. The molecule has 12 heteroatoms. The van der Waals surface area contributed by atoms with Crippen molar-refractivity contribution in [3.63, 3.8) is 0 Å². The topological polar surface area (TPSA) is 144 Å². The van der Waals surface area contributed by atoms with Crippen molar-refractivity contribution in [1.82, 2.24) is 24.6 Å². The van der Waals surface area contributed by atoms with Gasteiger partial charge in [-0.1, -0.05) is 42.1 Å². The molecule has 1 fully saturated rings. The van der Waals surface area contributed by atoms with E-state index < -0.39 is 10.0 Å². The molecule has 3 N–H and O–H groups in total. The van der Waals surface area contributed by atoms with Crippen LogP contribution in [0.25, 0.3) is 16.7 Å². The number of H-pyrrole nitrogens is 1. The Morgan fingerprint density at radius 1 is 1.08 bits per heavy atom. The zero-order chi connectivity index (χ0) is 26.0. The number of fused-ring (bicyclic) bond motifs is 1. The van der Waals surface area contributed by atoms with Gasteiger partial charge in [-0.2, -0.15) is 5.10 Å². The summed E-state index contributed by atoms with van der Waals surface area (Å²) in [4.78, 5) is 34.5. The monoisotopic (exact) mass is 538 g/mol. The van der Waals surface area contributed by atoms with Gasteiger partial charge in [-0.3, -0.25) is 9.59 Å². The Morgan fingerprint density at radius 2 is 1.78 bits per heavy atom. The number of carbonyl (C=O) groups is 1. The van der Waals surface area contributed by atoms with E-state index in [1.807, 2.05) is 11.0 Å².